The van der Waals surface area contributed by atoms with Gasteiger partial charge in [0.05, 0.1) is 25.3 Å². The SMILES string of the molecule is COC(=O)C1CCN(Cc2ccccc2-c2cc3c(c(S(=O)(=O)Nc4ccsc4C(=O)NC(CCCN=C(N)N)C(=O)O)c2)OCC3)CC1. The van der Waals surface area contributed by atoms with Crippen molar-refractivity contribution in [3.63, 3.8) is 0 Å². The van der Waals surface area contributed by atoms with Gasteiger partial charge in [0.1, 0.15) is 21.6 Å². The second-order valence-electron chi connectivity index (χ2n) is 11.9. The summed E-state index contributed by atoms with van der Waals surface area (Å²) in [6.45, 7) is 2.60. The number of anilines is 1. The lowest BCUT2D eigenvalue weighted by atomic mass is 9.94. The van der Waals surface area contributed by atoms with Crippen molar-refractivity contribution in [2.75, 3.05) is 38.1 Å². The molecule has 0 radical (unpaired) electrons. The number of nitrogens with one attached hydrogen (secondary N) is 2. The summed E-state index contributed by atoms with van der Waals surface area (Å²) in [4.78, 5) is 43.1. The van der Waals surface area contributed by atoms with E-state index in [4.69, 9.17) is 20.9 Å². The van der Waals surface area contributed by atoms with Crippen LogP contribution >= 0.6 is 11.3 Å². The van der Waals surface area contributed by atoms with Crippen molar-refractivity contribution in [1.82, 2.24) is 10.2 Å². The van der Waals surface area contributed by atoms with Crippen LogP contribution in [0.3, 0.4) is 0 Å². The third-order valence-electron chi connectivity index (χ3n) is 8.55. The van der Waals surface area contributed by atoms with Crippen LogP contribution in [0.1, 0.15) is 46.5 Å². The number of hydrogen-bond donors (Lipinski definition) is 5. The van der Waals surface area contributed by atoms with Crippen LogP contribution in [-0.2, 0) is 37.3 Å². The minimum absolute atomic E-state index is 0.00841. The molecule has 16 heteroatoms. The summed E-state index contributed by atoms with van der Waals surface area (Å²) in [5, 5.41) is 13.7. The smallest absolute Gasteiger partial charge is 0.326 e. The number of esters is 1. The largest absolute Gasteiger partial charge is 0.492 e. The maximum absolute atomic E-state index is 14.0. The van der Waals surface area contributed by atoms with Gasteiger partial charge in [0.15, 0.2) is 5.96 Å². The van der Waals surface area contributed by atoms with Gasteiger partial charge < -0.3 is 31.4 Å². The minimum Gasteiger partial charge on any atom is -0.492 e. The zero-order valence-corrected chi connectivity index (χ0v) is 28.6. The first-order chi connectivity index (χ1) is 23.5. The molecule has 0 saturated carbocycles. The fourth-order valence-electron chi connectivity index (χ4n) is 6.05. The number of sulfonamides is 1. The minimum atomic E-state index is -4.28. The van der Waals surface area contributed by atoms with Crippen LogP contribution in [0.5, 0.6) is 5.75 Å². The number of ether oxygens (including phenoxy) is 2. The van der Waals surface area contributed by atoms with Crippen LogP contribution in [0.15, 0.2) is 57.7 Å². The number of nitrogens with zero attached hydrogens (tertiary/aromatic N) is 2. The van der Waals surface area contributed by atoms with Gasteiger partial charge in [-0.05, 0) is 84.6 Å². The first kappa shape index (κ1) is 35.6. The molecular formula is C33H40N6O8S2. The van der Waals surface area contributed by atoms with Gasteiger partial charge in [-0.15, -0.1) is 11.3 Å². The van der Waals surface area contributed by atoms with E-state index in [0.717, 1.165) is 41.1 Å². The molecule has 1 atom stereocenters. The van der Waals surface area contributed by atoms with Gasteiger partial charge in [-0.1, -0.05) is 24.3 Å². The summed E-state index contributed by atoms with van der Waals surface area (Å²) in [6, 6.07) is 11.6. The monoisotopic (exact) mass is 712 g/mol. The average Bonchev–Trinajstić information content (AvgIpc) is 3.75. The Labute approximate surface area is 288 Å². The predicted molar refractivity (Wildman–Crippen MR) is 185 cm³/mol. The second-order valence-corrected chi connectivity index (χ2v) is 14.4. The van der Waals surface area contributed by atoms with Crippen molar-refractivity contribution in [2.45, 2.75) is 49.6 Å². The van der Waals surface area contributed by atoms with Crippen LogP contribution in [0.25, 0.3) is 11.1 Å². The summed E-state index contributed by atoms with van der Waals surface area (Å²) in [7, 11) is -2.87. The van der Waals surface area contributed by atoms with Gasteiger partial charge in [-0.2, -0.15) is 0 Å². The molecule has 0 spiro atoms. The number of rotatable bonds is 14. The number of hydrogen-bond acceptors (Lipinski definition) is 10. The third-order valence-corrected chi connectivity index (χ3v) is 10.8. The number of methoxy groups -OCH3 is 1. The van der Waals surface area contributed by atoms with Crippen molar-refractivity contribution in [3.8, 4) is 16.9 Å². The van der Waals surface area contributed by atoms with Crippen LogP contribution in [0, 0.1) is 5.92 Å². The first-order valence-electron chi connectivity index (χ1n) is 15.8. The zero-order valence-electron chi connectivity index (χ0n) is 27.0. The molecule has 1 amide bonds. The molecule has 2 aromatic carbocycles. The fourth-order valence-corrected chi connectivity index (χ4v) is 8.15. The van der Waals surface area contributed by atoms with Gasteiger partial charge in [0.25, 0.3) is 15.9 Å². The van der Waals surface area contributed by atoms with Crippen molar-refractivity contribution in [1.29, 1.82) is 0 Å². The maximum Gasteiger partial charge on any atom is 0.326 e. The van der Waals surface area contributed by atoms with E-state index in [1.165, 1.54) is 13.2 Å². The molecule has 0 aliphatic carbocycles. The van der Waals surface area contributed by atoms with Crippen LogP contribution in [-0.4, -0.2) is 81.6 Å². The summed E-state index contributed by atoms with van der Waals surface area (Å²) < 4.78 is 41.3. The summed E-state index contributed by atoms with van der Waals surface area (Å²) in [5.74, 6) is -2.13. The average molecular weight is 713 g/mol. The molecule has 1 saturated heterocycles. The lowest BCUT2D eigenvalue weighted by molar-refractivity contribution is -0.147. The van der Waals surface area contributed by atoms with Gasteiger partial charge >= 0.3 is 11.9 Å². The number of nitrogens with two attached hydrogens (primary N) is 2. The van der Waals surface area contributed by atoms with Gasteiger partial charge in [-0.3, -0.25) is 24.2 Å². The molecule has 49 heavy (non-hydrogen) atoms. The molecule has 1 fully saturated rings. The molecule has 1 unspecified atom stereocenters. The lowest BCUT2D eigenvalue weighted by Gasteiger charge is -2.31. The Morgan fingerprint density at radius 1 is 1.16 bits per heavy atom. The predicted octanol–water partition coefficient (Wildman–Crippen LogP) is 2.77. The molecule has 2 aliphatic heterocycles. The quantitative estimate of drug-likeness (QED) is 0.0709. The number of carboxylic acids is 1. The van der Waals surface area contributed by atoms with Crippen LogP contribution in [0.4, 0.5) is 5.69 Å². The number of piperidine rings is 1. The van der Waals surface area contributed by atoms with E-state index in [2.05, 4.69) is 19.9 Å². The Morgan fingerprint density at radius 3 is 2.63 bits per heavy atom. The summed E-state index contributed by atoms with van der Waals surface area (Å²) in [5.41, 5.74) is 14.0. The maximum atomic E-state index is 14.0. The molecule has 7 N–H and O–H groups in total. The number of carbonyl (C=O) groups is 3. The van der Waals surface area contributed by atoms with Gasteiger partial charge in [0, 0.05) is 19.5 Å². The Kier molecular flexibility index (Phi) is 11.4. The lowest BCUT2D eigenvalue weighted by Crippen LogP contribution is -2.40. The van der Waals surface area contributed by atoms with Crippen molar-refractivity contribution >= 4 is 50.9 Å². The van der Waals surface area contributed by atoms with E-state index in [1.54, 1.807) is 11.4 Å². The highest BCUT2D eigenvalue weighted by molar-refractivity contribution is 7.92. The summed E-state index contributed by atoms with van der Waals surface area (Å²) in [6.07, 6.45) is 2.31. The molecule has 1 aromatic heterocycles. The van der Waals surface area contributed by atoms with Crippen LogP contribution < -0.4 is 26.2 Å². The highest BCUT2D eigenvalue weighted by atomic mass is 32.2. The van der Waals surface area contributed by atoms with Crippen molar-refractivity contribution < 1.29 is 37.4 Å². The number of aliphatic carboxylic acids is 1. The van der Waals surface area contributed by atoms with Crippen molar-refractivity contribution in [3.05, 3.63) is 63.8 Å². The molecule has 262 valence electrons. The molecule has 14 nitrogen and oxygen atoms in total. The number of carboxylic acid groups (broad SMARTS) is 1. The summed E-state index contributed by atoms with van der Waals surface area (Å²) >= 11 is 0.978. The first-order valence-corrected chi connectivity index (χ1v) is 18.2. The van der Waals surface area contributed by atoms with Crippen LogP contribution in [0.2, 0.25) is 0 Å². The number of fused-ring (bicyclic) bond motifs is 1. The molecule has 3 heterocycles. The van der Waals surface area contributed by atoms with E-state index in [-0.39, 0.29) is 52.0 Å². The number of aliphatic imine (C=N–C) groups is 1. The molecule has 2 aliphatic rings. The zero-order chi connectivity index (χ0) is 35.1. The number of amides is 1. The van der Waals surface area contributed by atoms with E-state index in [0.29, 0.717) is 44.4 Å². The van der Waals surface area contributed by atoms with Crippen molar-refractivity contribution in [2.24, 2.45) is 22.4 Å². The fraction of sp³-hybridized carbons (Fsp3) is 0.394. The second kappa shape index (κ2) is 15.7. The number of likely N-dealkylation sites (tertiary alicyclic amines) is 1. The van der Waals surface area contributed by atoms with E-state index < -0.39 is 27.9 Å². The normalized spacial score (nSPS) is 15.4. The number of thiophene rings is 1. The highest BCUT2D eigenvalue weighted by Gasteiger charge is 2.31. The van der Waals surface area contributed by atoms with Gasteiger partial charge in [-0.25, -0.2) is 13.2 Å². The van der Waals surface area contributed by atoms with Gasteiger partial charge in [0.2, 0.25) is 0 Å². The standard InChI is InChI=1S/C33H40N6O8S2/c1-46-32(43)20-8-13-39(14-9-20)19-22-5-2-3-6-24(22)23-17-21-10-15-47-28(21)27(18-23)49(44,45)38-25-11-16-48-29(25)30(40)37-26(31(41)42)7-4-12-36-33(34)35/h2-3,5-6,11,16-18,20,26,38H,4,7-10,12-15,19H2,1H3,(H,37,40)(H,41,42)(H4,34,35,36). The highest BCUT2D eigenvalue weighted by Crippen LogP contribution is 2.40. The Morgan fingerprint density at radius 2 is 1.92 bits per heavy atom. The number of benzene rings is 2. The van der Waals surface area contributed by atoms with E-state index >= 15 is 0 Å². The number of guanidine groups is 1. The Balaban J connectivity index is 1.36. The molecule has 0 bridgehead atoms. The Hall–Kier alpha value is -4.67. The number of carbonyl (C=O) groups excluding carboxylic acids is 2. The Bertz CT molecular complexity index is 1830. The molecule has 3 aromatic rings. The van der Waals surface area contributed by atoms with E-state index in [1.807, 2.05) is 30.3 Å². The van der Waals surface area contributed by atoms with E-state index in [9.17, 15) is 27.9 Å². The molecule has 5 rings (SSSR count). The molecular weight excluding hydrogens is 673 g/mol. The third kappa shape index (κ3) is 8.68. The topological polar surface area (TPSA) is 216 Å².